The minimum atomic E-state index is 0.172. The second-order valence-corrected chi connectivity index (χ2v) is 4.37. The number of hydrogen-bond acceptors (Lipinski definition) is 2. The van der Waals surface area contributed by atoms with Crippen molar-refractivity contribution in [1.29, 1.82) is 0 Å². The van der Waals surface area contributed by atoms with E-state index in [0.29, 0.717) is 11.8 Å². The Morgan fingerprint density at radius 1 is 1.38 bits per heavy atom. The second-order valence-electron chi connectivity index (χ2n) is 4.37. The van der Waals surface area contributed by atoms with Crippen LogP contribution in [-0.2, 0) is 4.79 Å². The third-order valence-corrected chi connectivity index (χ3v) is 3.15. The Morgan fingerprint density at radius 3 is 2.38 bits per heavy atom. The van der Waals surface area contributed by atoms with Crippen molar-refractivity contribution in [3.8, 4) is 0 Å². The number of rotatable bonds is 1. The highest BCUT2D eigenvalue weighted by Crippen LogP contribution is 2.22. The van der Waals surface area contributed by atoms with Gasteiger partial charge in [-0.25, -0.2) is 0 Å². The highest BCUT2D eigenvalue weighted by Gasteiger charge is 2.35. The lowest BCUT2D eigenvalue weighted by Crippen LogP contribution is -2.56. The first-order valence-electron chi connectivity index (χ1n) is 4.92. The van der Waals surface area contributed by atoms with Gasteiger partial charge in [0.15, 0.2) is 0 Å². The van der Waals surface area contributed by atoms with E-state index in [4.69, 9.17) is 0 Å². The van der Waals surface area contributed by atoms with Gasteiger partial charge in [-0.3, -0.25) is 9.69 Å². The van der Waals surface area contributed by atoms with Crippen molar-refractivity contribution >= 4 is 5.91 Å². The Balaban J connectivity index is 2.76. The fourth-order valence-corrected chi connectivity index (χ4v) is 1.78. The van der Waals surface area contributed by atoms with Gasteiger partial charge in [0.05, 0.1) is 12.1 Å². The van der Waals surface area contributed by atoms with Crippen molar-refractivity contribution in [1.82, 2.24) is 9.80 Å². The Labute approximate surface area is 80.7 Å². The molecule has 0 aromatic carbocycles. The first-order chi connectivity index (χ1) is 5.95. The SMILES string of the molecule is CC(C)C1CN(C)C(C)N(C)C1=O. The van der Waals surface area contributed by atoms with Crippen LogP contribution in [-0.4, -0.2) is 42.5 Å². The Morgan fingerprint density at radius 2 is 1.92 bits per heavy atom. The lowest BCUT2D eigenvalue weighted by atomic mass is 9.91. The normalized spacial score (nSPS) is 31.5. The molecule has 0 saturated carbocycles. The number of carbonyl (C=O) groups excluding carboxylic acids is 1. The van der Waals surface area contributed by atoms with Crippen LogP contribution in [0.1, 0.15) is 20.8 Å². The summed E-state index contributed by atoms with van der Waals surface area (Å²) in [7, 11) is 3.96. The molecule has 1 amide bonds. The predicted octanol–water partition coefficient (Wildman–Crippen LogP) is 1.01. The maximum atomic E-state index is 11.8. The molecule has 1 fully saturated rings. The molecule has 1 aliphatic heterocycles. The molecule has 76 valence electrons. The van der Waals surface area contributed by atoms with E-state index in [1.807, 2.05) is 11.9 Å². The molecule has 1 heterocycles. The summed E-state index contributed by atoms with van der Waals surface area (Å²) < 4.78 is 0. The van der Waals surface area contributed by atoms with E-state index in [0.717, 1.165) is 6.54 Å². The zero-order chi connectivity index (χ0) is 10.2. The first kappa shape index (κ1) is 10.5. The largest absolute Gasteiger partial charge is 0.330 e. The molecular formula is C10H20N2O. The van der Waals surface area contributed by atoms with Crippen molar-refractivity contribution in [2.45, 2.75) is 26.9 Å². The minimum absolute atomic E-state index is 0.172. The molecule has 2 unspecified atom stereocenters. The Bertz CT molecular complexity index is 203. The van der Waals surface area contributed by atoms with Crippen molar-refractivity contribution in [3.63, 3.8) is 0 Å². The summed E-state index contributed by atoms with van der Waals surface area (Å²) in [4.78, 5) is 15.9. The van der Waals surface area contributed by atoms with Crippen LogP contribution in [0.2, 0.25) is 0 Å². The van der Waals surface area contributed by atoms with E-state index in [1.165, 1.54) is 0 Å². The summed E-state index contributed by atoms with van der Waals surface area (Å²) in [6.45, 7) is 7.18. The van der Waals surface area contributed by atoms with Crippen LogP contribution >= 0.6 is 0 Å². The Hall–Kier alpha value is -0.570. The van der Waals surface area contributed by atoms with E-state index < -0.39 is 0 Å². The number of amides is 1. The van der Waals surface area contributed by atoms with E-state index in [1.54, 1.807) is 0 Å². The third kappa shape index (κ3) is 1.85. The zero-order valence-corrected chi connectivity index (χ0v) is 9.24. The standard InChI is InChI=1S/C10H20N2O/c1-7(2)9-6-11(4)8(3)12(5)10(9)13/h7-9H,6H2,1-5H3. The molecule has 0 N–H and O–H groups in total. The van der Waals surface area contributed by atoms with Crippen LogP contribution in [0.4, 0.5) is 0 Å². The second kappa shape index (κ2) is 3.66. The van der Waals surface area contributed by atoms with Crippen LogP contribution in [0.3, 0.4) is 0 Å². The van der Waals surface area contributed by atoms with Gasteiger partial charge < -0.3 is 4.90 Å². The van der Waals surface area contributed by atoms with Crippen molar-refractivity contribution in [2.75, 3.05) is 20.6 Å². The molecule has 3 heteroatoms. The summed E-state index contributed by atoms with van der Waals surface area (Å²) >= 11 is 0. The van der Waals surface area contributed by atoms with Crippen molar-refractivity contribution in [2.24, 2.45) is 11.8 Å². The molecule has 13 heavy (non-hydrogen) atoms. The molecule has 1 saturated heterocycles. The molecule has 3 nitrogen and oxygen atoms in total. The monoisotopic (exact) mass is 184 g/mol. The maximum Gasteiger partial charge on any atom is 0.228 e. The molecule has 0 aromatic heterocycles. The highest BCUT2D eigenvalue weighted by atomic mass is 16.2. The fourth-order valence-electron chi connectivity index (χ4n) is 1.78. The zero-order valence-electron chi connectivity index (χ0n) is 9.24. The van der Waals surface area contributed by atoms with Crippen LogP contribution in [0.5, 0.6) is 0 Å². The van der Waals surface area contributed by atoms with Gasteiger partial charge in [-0.15, -0.1) is 0 Å². The third-order valence-electron chi connectivity index (χ3n) is 3.15. The van der Waals surface area contributed by atoms with Gasteiger partial charge >= 0.3 is 0 Å². The van der Waals surface area contributed by atoms with Crippen LogP contribution in [0.15, 0.2) is 0 Å². The lowest BCUT2D eigenvalue weighted by molar-refractivity contribution is -0.148. The predicted molar refractivity (Wildman–Crippen MR) is 53.2 cm³/mol. The van der Waals surface area contributed by atoms with Crippen molar-refractivity contribution in [3.05, 3.63) is 0 Å². The number of carbonyl (C=O) groups is 1. The van der Waals surface area contributed by atoms with E-state index in [-0.39, 0.29) is 12.1 Å². The maximum absolute atomic E-state index is 11.8. The first-order valence-corrected chi connectivity index (χ1v) is 4.92. The fraction of sp³-hybridized carbons (Fsp3) is 0.900. The van der Waals surface area contributed by atoms with Gasteiger partial charge in [0.25, 0.3) is 0 Å². The summed E-state index contributed by atoms with van der Waals surface area (Å²) in [6, 6.07) is 0. The van der Waals surface area contributed by atoms with E-state index in [9.17, 15) is 4.79 Å². The molecule has 1 aliphatic rings. The molecule has 0 spiro atoms. The molecule has 2 atom stereocenters. The summed E-state index contributed by atoms with van der Waals surface area (Å²) in [5, 5.41) is 0. The van der Waals surface area contributed by atoms with Gasteiger partial charge in [0.1, 0.15) is 0 Å². The highest BCUT2D eigenvalue weighted by molar-refractivity contribution is 5.80. The van der Waals surface area contributed by atoms with Crippen LogP contribution < -0.4 is 0 Å². The quantitative estimate of drug-likeness (QED) is 0.607. The van der Waals surface area contributed by atoms with Crippen molar-refractivity contribution < 1.29 is 4.79 Å². The van der Waals surface area contributed by atoms with Gasteiger partial charge in [0, 0.05) is 13.6 Å². The average Bonchev–Trinajstić information content (AvgIpc) is 2.07. The molecule has 0 aliphatic carbocycles. The molecule has 0 aromatic rings. The average molecular weight is 184 g/mol. The smallest absolute Gasteiger partial charge is 0.228 e. The lowest BCUT2D eigenvalue weighted by Gasteiger charge is -2.42. The summed E-state index contributed by atoms with van der Waals surface area (Å²) in [5.41, 5.74) is 0. The van der Waals surface area contributed by atoms with Crippen LogP contribution in [0.25, 0.3) is 0 Å². The molecule has 0 bridgehead atoms. The Kier molecular flexibility index (Phi) is 2.96. The summed E-state index contributed by atoms with van der Waals surface area (Å²) in [5.74, 6) is 0.900. The topological polar surface area (TPSA) is 23.6 Å². The molecule has 1 rings (SSSR count). The summed E-state index contributed by atoms with van der Waals surface area (Å²) in [6.07, 6.45) is 0.238. The molecule has 0 radical (unpaired) electrons. The minimum Gasteiger partial charge on any atom is -0.330 e. The van der Waals surface area contributed by atoms with Crippen LogP contribution in [0, 0.1) is 11.8 Å². The van der Waals surface area contributed by atoms with Gasteiger partial charge in [-0.05, 0) is 19.9 Å². The van der Waals surface area contributed by atoms with E-state index in [2.05, 4.69) is 32.7 Å². The van der Waals surface area contributed by atoms with Gasteiger partial charge in [-0.2, -0.15) is 0 Å². The van der Waals surface area contributed by atoms with Gasteiger partial charge in [0.2, 0.25) is 5.91 Å². The number of hydrogen-bond donors (Lipinski definition) is 0. The van der Waals surface area contributed by atoms with Gasteiger partial charge in [-0.1, -0.05) is 13.8 Å². The number of nitrogens with zero attached hydrogens (tertiary/aromatic N) is 2. The van der Waals surface area contributed by atoms with E-state index >= 15 is 0 Å². The molecular weight excluding hydrogens is 164 g/mol.